The SMILES string of the molecule is CN(CC1CCOC1)CC(c1cccs1)N1CCOCC1. The Morgan fingerprint density at radius 1 is 1.33 bits per heavy atom. The first-order valence-corrected chi connectivity index (χ1v) is 8.82. The average Bonchev–Trinajstić information content (AvgIpc) is 3.19. The van der Waals surface area contributed by atoms with Gasteiger partial charge in [0.2, 0.25) is 0 Å². The molecular weight excluding hydrogens is 284 g/mol. The molecule has 4 nitrogen and oxygen atoms in total. The van der Waals surface area contributed by atoms with E-state index < -0.39 is 0 Å². The zero-order valence-electron chi connectivity index (χ0n) is 12.9. The molecule has 5 heteroatoms. The van der Waals surface area contributed by atoms with E-state index in [-0.39, 0.29) is 0 Å². The first-order chi connectivity index (χ1) is 10.3. The molecule has 2 saturated heterocycles. The van der Waals surface area contributed by atoms with Crippen molar-refractivity contribution in [2.75, 3.05) is 59.7 Å². The number of hydrogen-bond donors (Lipinski definition) is 0. The molecule has 0 bridgehead atoms. The van der Waals surface area contributed by atoms with Crippen molar-refractivity contribution in [1.82, 2.24) is 9.80 Å². The third-order valence-corrected chi connectivity index (χ3v) is 5.41. The van der Waals surface area contributed by atoms with Crippen LogP contribution < -0.4 is 0 Å². The number of likely N-dealkylation sites (N-methyl/N-ethyl adjacent to an activating group) is 1. The lowest BCUT2D eigenvalue weighted by molar-refractivity contribution is 0.00915. The van der Waals surface area contributed by atoms with Crippen molar-refractivity contribution in [1.29, 1.82) is 0 Å². The van der Waals surface area contributed by atoms with Gasteiger partial charge in [-0.25, -0.2) is 0 Å². The molecule has 2 fully saturated rings. The van der Waals surface area contributed by atoms with Gasteiger partial charge in [-0.3, -0.25) is 4.90 Å². The van der Waals surface area contributed by atoms with Crippen LogP contribution in [0, 0.1) is 5.92 Å². The fraction of sp³-hybridized carbons (Fsp3) is 0.750. The Morgan fingerprint density at radius 3 is 2.86 bits per heavy atom. The van der Waals surface area contributed by atoms with E-state index in [2.05, 4.69) is 34.4 Å². The molecule has 2 aliphatic heterocycles. The van der Waals surface area contributed by atoms with Crippen LogP contribution in [0.3, 0.4) is 0 Å². The highest BCUT2D eigenvalue weighted by atomic mass is 32.1. The second kappa shape index (κ2) is 7.70. The summed E-state index contributed by atoms with van der Waals surface area (Å²) in [6.45, 7) is 7.93. The van der Waals surface area contributed by atoms with Crippen molar-refractivity contribution < 1.29 is 9.47 Å². The van der Waals surface area contributed by atoms with Gasteiger partial charge in [0.25, 0.3) is 0 Å². The maximum absolute atomic E-state index is 5.51. The minimum atomic E-state index is 0.501. The Morgan fingerprint density at radius 2 is 2.19 bits per heavy atom. The molecular formula is C16H26N2O2S. The predicted molar refractivity (Wildman–Crippen MR) is 85.9 cm³/mol. The molecule has 3 heterocycles. The highest BCUT2D eigenvalue weighted by Crippen LogP contribution is 2.27. The van der Waals surface area contributed by atoms with Crippen LogP contribution in [0.2, 0.25) is 0 Å². The fourth-order valence-corrected chi connectivity index (χ4v) is 4.15. The number of morpholine rings is 1. The van der Waals surface area contributed by atoms with Gasteiger partial charge in [-0.05, 0) is 30.8 Å². The molecule has 0 saturated carbocycles. The Kier molecular flexibility index (Phi) is 5.66. The van der Waals surface area contributed by atoms with Crippen LogP contribution in [0.5, 0.6) is 0 Å². The highest BCUT2D eigenvalue weighted by Gasteiger charge is 2.26. The lowest BCUT2D eigenvalue weighted by Gasteiger charge is -2.36. The number of rotatable bonds is 6. The summed E-state index contributed by atoms with van der Waals surface area (Å²) in [6, 6.07) is 4.94. The molecule has 1 aromatic rings. The van der Waals surface area contributed by atoms with Crippen LogP contribution in [0.15, 0.2) is 17.5 Å². The third-order valence-electron chi connectivity index (χ3n) is 4.44. The summed E-state index contributed by atoms with van der Waals surface area (Å²) in [4.78, 5) is 6.54. The van der Waals surface area contributed by atoms with Gasteiger partial charge in [0, 0.05) is 37.7 Å². The second-order valence-corrected chi connectivity index (χ2v) is 7.11. The summed E-state index contributed by atoms with van der Waals surface area (Å²) in [6.07, 6.45) is 1.21. The third kappa shape index (κ3) is 4.27. The summed E-state index contributed by atoms with van der Waals surface area (Å²) < 4.78 is 11.0. The van der Waals surface area contributed by atoms with Gasteiger partial charge in [0.15, 0.2) is 0 Å². The standard InChI is InChI=1S/C16H26N2O2S/c1-17(11-14-4-7-20-13-14)12-15(16-3-2-10-21-16)18-5-8-19-9-6-18/h2-3,10,14-15H,4-9,11-13H2,1H3. The van der Waals surface area contributed by atoms with E-state index in [1.807, 2.05) is 11.3 Å². The van der Waals surface area contributed by atoms with Crippen LogP contribution in [-0.4, -0.2) is 69.5 Å². The lowest BCUT2D eigenvalue weighted by Crippen LogP contribution is -2.43. The van der Waals surface area contributed by atoms with Crippen molar-refractivity contribution in [3.8, 4) is 0 Å². The van der Waals surface area contributed by atoms with Crippen molar-refractivity contribution >= 4 is 11.3 Å². The molecule has 0 amide bonds. The zero-order valence-corrected chi connectivity index (χ0v) is 13.7. The van der Waals surface area contributed by atoms with Crippen LogP contribution >= 0.6 is 11.3 Å². The van der Waals surface area contributed by atoms with Gasteiger partial charge in [0.1, 0.15) is 0 Å². The first kappa shape index (κ1) is 15.4. The quantitative estimate of drug-likeness (QED) is 0.803. The summed E-state index contributed by atoms with van der Waals surface area (Å²) in [5.41, 5.74) is 0. The van der Waals surface area contributed by atoms with Crippen LogP contribution in [-0.2, 0) is 9.47 Å². The molecule has 0 N–H and O–H groups in total. The molecule has 0 aliphatic carbocycles. The average molecular weight is 310 g/mol. The zero-order chi connectivity index (χ0) is 14.5. The molecule has 0 spiro atoms. The topological polar surface area (TPSA) is 24.9 Å². The van der Waals surface area contributed by atoms with E-state index >= 15 is 0 Å². The van der Waals surface area contributed by atoms with E-state index in [1.54, 1.807) is 0 Å². The van der Waals surface area contributed by atoms with E-state index in [4.69, 9.17) is 9.47 Å². The lowest BCUT2D eigenvalue weighted by atomic mass is 10.1. The van der Waals surface area contributed by atoms with Gasteiger partial charge in [-0.1, -0.05) is 6.07 Å². The van der Waals surface area contributed by atoms with Crippen molar-refractivity contribution in [2.24, 2.45) is 5.92 Å². The van der Waals surface area contributed by atoms with Gasteiger partial charge < -0.3 is 14.4 Å². The van der Waals surface area contributed by atoms with Crippen LogP contribution in [0.25, 0.3) is 0 Å². The Bertz CT molecular complexity index is 400. The highest BCUT2D eigenvalue weighted by molar-refractivity contribution is 7.10. The normalized spacial score (nSPS) is 25.5. The van der Waals surface area contributed by atoms with Crippen molar-refractivity contribution in [2.45, 2.75) is 12.5 Å². The minimum Gasteiger partial charge on any atom is -0.381 e. The summed E-state index contributed by atoms with van der Waals surface area (Å²) in [5, 5.41) is 2.19. The van der Waals surface area contributed by atoms with E-state index in [1.165, 1.54) is 11.3 Å². The molecule has 3 rings (SSSR count). The van der Waals surface area contributed by atoms with Crippen molar-refractivity contribution in [3.05, 3.63) is 22.4 Å². The fourth-order valence-electron chi connectivity index (χ4n) is 3.29. The smallest absolute Gasteiger partial charge is 0.0594 e. The molecule has 2 unspecified atom stereocenters. The summed E-state index contributed by atoms with van der Waals surface area (Å²) in [5.74, 6) is 0.712. The van der Waals surface area contributed by atoms with Gasteiger partial charge in [-0.15, -0.1) is 11.3 Å². The Balaban J connectivity index is 1.61. The molecule has 0 aromatic carbocycles. The Labute approximate surface area is 131 Å². The first-order valence-electron chi connectivity index (χ1n) is 7.94. The largest absolute Gasteiger partial charge is 0.381 e. The molecule has 2 atom stereocenters. The summed E-state index contributed by atoms with van der Waals surface area (Å²) >= 11 is 1.88. The second-order valence-electron chi connectivity index (χ2n) is 6.13. The molecule has 118 valence electrons. The monoisotopic (exact) mass is 310 g/mol. The minimum absolute atomic E-state index is 0.501. The Hall–Kier alpha value is -0.460. The van der Waals surface area contributed by atoms with Crippen LogP contribution in [0.1, 0.15) is 17.3 Å². The molecule has 2 aliphatic rings. The molecule has 1 aromatic heterocycles. The predicted octanol–water partition coefficient (Wildman–Crippen LogP) is 2.09. The van der Waals surface area contributed by atoms with Crippen LogP contribution in [0.4, 0.5) is 0 Å². The summed E-state index contributed by atoms with van der Waals surface area (Å²) in [7, 11) is 2.25. The maximum Gasteiger partial charge on any atom is 0.0594 e. The number of hydrogen-bond acceptors (Lipinski definition) is 5. The number of thiophene rings is 1. The molecule has 0 radical (unpaired) electrons. The van der Waals surface area contributed by atoms with E-state index in [9.17, 15) is 0 Å². The van der Waals surface area contributed by atoms with Crippen molar-refractivity contribution in [3.63, 3.8) is 0 Å². The molecule has 21 heavy (non-hydrogen) atoms. The number of ether oxygens (including phenoxy) is 2. The maximum atomic E-state index is 5.51. The van der Waals surface area contributed by atoms with Gasteiger partial charge >= 0.3 is 0 Å². The van der Waals surface area contributed by atoms with Gasteiger partial charge in [0.05, 0.1) is 25.9 Å². The number of nitrogens with zero attached hydrogens (tertiary/aromatic N) is 2. The van der Waals surface area contributed by atoms with E-state index in [0.717, 1.165) is 52.6 Å². The van der Waals surface area contributed by atoms with Gasteiger partial charge in [-0.2, -0.15) is 0 Å². The van der Waals surface area contributed by atoms with E-state index in [0.29, 0.717) is 12.0 Å².